The van der Waals surface area contributed by atoms with Crippen LogP contribution in [0.4, 0.5) is 0 Å². The van der Waals surface area contributed by atoms with Crippen molar-refractivity contribution >= 4 is 22.7 Å². The van der Waals surface area contributed by atoms with Crippen LogP contribution in [0.5, 0.6) is 5.88 Å². The molecule has 0 fully saturated rings. The van der Waals surface area contributed by atoms with Crippen molar-refractivity contribution < 1.29 is 14.3 Å². The van der Waals surface area contributed by atoms with E-state index in [4.69, 9.17) is 4.74 Å². The van der Waals surface area contributed by atoms with Crippen LogP contribution in [-0.2, 0) is 11.3 Å². The highest BCUT2D eigenvalue weighted by Gasteiger charge is 2.14. The van der Waals surface area contributed by atoms with Gasteiger partial charge >= 0.3 is 0 Å². The zero-order valence-corrected chi connectivity index (χ0v) is 16.4. The number of para-hydroxylation sites is 1. The third kappa shape index (κ3) is 5.54. The highest BCUT2D eigenvalue weighted by atomic mass is 16.5. The average Bonchev–Trinajstić information content (AvgIpc) is 3.17. The zero-order valence-electron chi connectivity index (χ0n) is 16.4. The number of amides is 2. The van der Waals surface area contributed by atoms with Gasteiger partial charge in [0.1, 0.15) is 0 Å². The Labute approximate surface area is 169 Å². The highest BCUT2D eigenvalue weighted by Crippen LogP contribution is 2.15. The Hall–Kier alpha value is -3.42. The number of carbonyl (C=O) groups is 2. The molecular weight excluding hydrogens is 370 g/mol. The van der Waals surface area contributed by atoms with Gasteiger partial charge in [-0.05, 0) is 18.6 Å². The number of carbonyl (C=O) groups excluding carboxylic acids is 2. The fraction of sp³-hybridized carbons (Fsp3) is 0.333. The maximum absolute atomic E-state index is 12.3. The SMILES string of the molecule is CCCCOc1ncccc1CNC(=O)CCNC(=O)c1n[nH]c2ccccc12. The molecule has 3 aromatic rings. The lowest BCUT2D eigenvalue weighted by molar-refractivity contribution is -0.121. The molecule has 2 amide bonds. The number of nitrogens with zero attached hydrogens (tertiary/aromatic N) is 2. The highest BCUT2D eigenvalue weighted by molar-refractivity contribution is 6.04. The van der Waals surface area contributed by atoms with Crippen molar-refractivity contribution in [3.05, 3.63) is 53.9 Å². The van der Waals surface area contributed by atoms with Crippen molar-refractivity contribution in [3.8, 4) is 5.88 Å². The molecule has 0 saturated carbocycles. The smallest absolute Gasteiger partial charge is 0.272 e. The summed E-state index contributed by atoms with van der Waals surface area (Å²) in [6.07, 6.45) is 3.83. The first kappa shape index (κ1) is 20.3. The van der Waals surface area contributed by atoms with Crippen LogP contribution >= 0.6 is 0 Å². The third-order valence-electron chi connectivity index (χ3n) is 4.39. The summed E-state index contributed by atoms with van der Waals surface area (Å²) in [6, 6.07) is 11.1. The molecule has 0 aliphatic rings. The summed E-state index contributed by atoms with van der Waals surface area (Å²) in [5, 5.41) is 13.2. The Kier molecular flexibility index (Phi) is 7.16. The molecule has 8 nitrogen and oxygen atoms in total. The fourth-order valence-electron chi connectivity index (χ4n) is 2.79. The van der Waals surface area contributed by atoms with Crippen molar-refractivity contribution in [2.24, 2.45) is 0 Å². The summed E-state index contributed by atoms with van der Waals surface area (Å²) in [6.45, 7) is 3.24. The van der Waals surface area contributed by atoms with E-state index in [-0.39, 0.29) is 24.8 Å². The number of H-pyrrole nitrogens is 1. The number of pyridine rings is 1. The van der Waals surface area contributed by atoms with E-state index in [9.17, 15) is 9.59 Å². The summed E-state index contributed by atoms with van der Waals surface area (Å²) in [4.78, 5) is 28.6. The van der Waals surface area contributed by atoms with Crippen molar-refractivity contribution in [2.75, 3.05) is 13.2 Å². The van der Waals surface area contributed by atoms with Crippen LogP contribution in [0.25, 0.3) is 10.9 Å². The topological polar surface area (TPSA) is 109 Å². The Morgan fingerprint density at radius 2 is 2.00 bits per heavy atom. The summed E-state index contributed by atoms with van der Waals surface area (Å²) in [5.74, 6) is 0.0645. The van der Waals surface area contributed by atoms with Gasteiger partial charge in [0.05, 0.1) is 12.1 Å². The quantitative estimate of drug-likeness (QED) is 0.457. The lowest BCUT2D eigenvalue weighted by Crippen LogP contribution is -2.30. The van der Waals surface area contributed by atoms with Gasteiger partial charge in [0.15, 0.2) is 5.69 Å². The van der Waals surface area contributed by atoms with Crippen LogP contribution in [0.1, 0.15) is 42.2 Å². The maximum atomic E-state index is 12.3. The first-order valence-corrected chi connectivity index (χ1v) is 9.73. The molecule has 0 aliphatic heterocycles. The molecule has 2 heterocycles. The summed E-state index contributed by atoms with van der Waals surface area (Å²) >= 11 is 0. The zero-order chi connectivity index (χ0) is 20.5. The molecule has 0 bridgehead atoms. The number of nitrogens with one attached hydrogen (secondary N) is 3. The van der Waals surface area contributed by atoms with Crippen LogP contribution < -0.4 is 15.4 Å². The monoisotopic (exact) mass is 395 g/mol. The van der Waals surface area contributed by atoms with Gasteiger partial charge in [-0.1, -0.05) is 37.6 Å². The van der Waals surface area contributed by atoms with E-state index in [1.165, 1.54) is 0 Å². The second-order valence-electron chi connectivity index (χ2n) is 6.57. The molecule has 8 heteroatoms. The first-order chi connectivity index (χ1) is 14.2. The van der Waals surface area contributed by atoms with Crippen molar-refractivity contribution in [1.29, 1.82) is 0 Å². The molecular formula is C21H25N5O3. The van der Waals surface area contributed by atoms with Crippen LogP contribution in [-0.4, -0.2) is 40.1 Å². The third-order valence-corrected chi connectivity index (χ3v) is 4.39. The molecule has 3 N–H and O–H groups in total. The molecule has 0 unspecified atom stereocenters. The standard InChI is InChI=1S/C21H25N5O3/c1-2-3-13-29-21-15(7-6-11-23-21)14-24-18(27)10-12-22-20(28)19-16-8-4-5-9-17(16)25-26-19/h4-9,11H,2-3,10,12-14H2,1H3,(H,22,28)(H,24,27)(H,25,26). The maximum Gasteiger partial charge on any atom is 0.272 e. The van der Waals surface area contributed by atoms with E-state index >= 15 is 0 Å². The molecule has 0 aliphatic carbocycles. The Morgan fingerprint density at radius 1 is 1.14 bits per heavy atom. The van der Waals surface area contributed by atoms with E-state index in [0.717, 1.165) is 29.3 Å². The van der Waals surface area contributed by atoms with Crippen LogP contribution in [0.2, 0.25) is 0 Å². The van der Waals surface area contributed by atoms with Gasteiger partial charge in [-0.15, -0.1) is 0 Å². The van der Waals surface area contributed by atoms with Gasteiger partial charge in [0, 0.05) is 36.7 Å². The van der Waals surface area contributed by atoms with E-state index < -0.39 is 0 Å². The molecule has 29 heavy (non-hydrogen) atoms. The molecule has 1 aromatic carbocycles. The number of benzene rings is 1. The number of rotatable bonds is 10. The van der Waals surface area contributed by atoms with Crippen molar-refractivity contribution in [2.45, 2.75) is 32.7 Å². The minimum atomic E-state index is -0.311. The molecule has 0 radical (unpaired) electrons. The Balaban J connectivity index is 1.44. The van der Waals surface area contributed by atoms with E-state index in [1.54, 1.807) is 6.20 Å². The molecule has 152 valence electrons. The normalized spacial score (nSPS) is 10.7. The number of aromatic amines is 1. The molecule has 0 atom stereocenters. The number of hydrogen-bond acceptors (Lipinski definition) is 5. The predicted octanol–water partition coefficient (Wildman–Crippen LogP) is 2.57. The number of hydrogen-bond donors (Lipinski definition) is 3. The van der Waals surface area contributed by atoms with Crippen LogP contribution in [0.3, 0.4) is 0 Å². The van der Waals surface area contributed by atoms with Gasteiger partial charge < -0.3 is 15.4 Å². The van der Waals surface area contributed by atoms with E-state index in [2.05, 4.69) is 32.7 Å². The van der Waals surface area contributed by atoms with Gasteiger partial charge in [-0.3, -0.25) is 14.7 Å². The Morgan fingerprint density at radius 3 is 2.86 bits per heavy atom. The number of unbranched alkanes of at least 4 members (excludes halogenated alkanes) is 1. The van der Waals surface area contributed by atoms with Crippen LogP contribution in [0, 0.1) is 0 Å². The second-order valence-corrected chi connectivity index (χ2v) is 6.57. The van der Waals surface area contributed by atoms with Crippen LogP contribution in [0.15, 0.2) is 42.6 Å². The second kappa shape index (κ2) is 10.2. The lowest BCUT2D eigenvalue weighted by Gasteiger charge is -2.11. The average molecular weight is 395 g/mol. The van der Waals surface area contributed by atoms with Crippen molar-refractivity contribution in [1.82, 2.24) is 25.8 Å². The lowest BCUT2D eigenvalue weighted by atomic mass is 10.2. The van der Waals surface area contributed by atoms with Gasteiger partial charge in [-0.25, -0.2) is 4.98 Å². The molecule has 0 saturated heterocycles. The minimum absolute atomic E-state index is 0.166. The molecule has 2 aromatic heterocycles. The number of fused-ring (bicyclic) bond motifs is 1. The molecule has 0 spiro atoms. The number of aromatic nitrogens is 3. The Bertz CT molecular complexity index is 970. The minimum Gasteiger partial charge on any atom is -0.477 e. The predicted molar refractivity (Wildman–Crippen MR) is 110 cm³/mol. The van der Waals surface area contributed by atoms with E-state index in [0.29, 0.717) is 24.7 Å². The summed E-state index contributed by atoms with van der Waals surface area (Å²) < 4.78 is 5.67. The van der Waals surface area contributed by atoms with Gasteiger partial charge in [-0.2, -0.15) is 5.10 Å². The number of ether oxygens (including phenoxy) is 1. The van der Waals surface area contributed by atoms with E-state index in [1.807, 2.05) is 36.4 Å². The summed E-state index contributed by atoms with van der Waals surface area (Å²) in [7, 11) is 0. The fourth-order valence-corrected chi connectivity index (χ4v) is 2.79. The van der Waals surface area contributed by atoms with Crippen molar-refractivity contribution in [3.63, 3.8) is 0 Å². The van der Waals surface area contributed by atoms with Gasteiger partial charge in [0.25, 0.3) is 5.91 Å². The first-order valence-electron chi connectivity index (χ1n) is 9.73. The summed E-state index contributed by atoms with van der Waals surface area (Å²) in [5.41, 5.74) is 1.94. The van der Waals surface area contributed by atoms with Gasteiger partial charge in [0.2, 0.25) is 11.8 Å². The largest absolute Gasteiger partial charge is 0.477 e. The molecule has 3 rings (SSSR count).